The van der Waals surface area contributed by atoms with E-state index in [1.54, 1.807) is 7.11 Å². The van der Waals surface area contributed by atoms with Crippen LogP contribution >= 0.6 is 11.6 Å². The summed E-state index contributed by atoms with van der Waals surface area (Å²) in [5.74, 6) is 0.552. The number of benzene rings is 1. The first-order valence-corrected chi connectivity index (χ1v) is 7.49. The van der Waals surface area contributed by atoms with Gasteiger partial charge in [0.2, 0.25) is 0 Å². The van der Waals surface area contributed by atoms with Crippen LogP contribution < -0.4 is 5.32 Å². The number of ether oxygens (including phenoxy) is 1. The van der Waals surface area contributed by atoms with Gasteiger partial charge in [-0.15, -0.1) is 0 Å². The molecule has 0 bridgehead atoms. The zero-order chi connectivity index (χ0) is 14.1. The lowest BCUT2D eigenvalue weighted by Crippen LogP contribution is -2.28. The molecule has 0 saturated heterocycles. The second-order valence-electron chi connectivity index (χ2n) is 5.30. The Morgan fingerprint density at radius 3 is 2.42 bits per heavy atom. The summed E-state index contributed by atoms with van der Waals surface area (Å²) < 4.78 is 5.11. The maximum atomic E-state index is 5.96. The van der Waals surface area contributed by atoms with Crippen LogP contribution in [0.3, 0.4) is 0 Å². The van der Waals surface area contributed by atoms with Gasteiger partial charge in [-0.25, -0.2) is 0 Å². The first-order valence-electron chi connectivity index (χ1n) is 7.11. The smallest absolute Gasteiger partial charge is 0.0462 e. The standard InChI is InChI=1S/C16H26ClNO/c1-13(2)18-12-15(6-4-5-11-19-3)14-7-9-16(17)10-8-14/h7-10,13,15,18H,4-6,11-12H2,1-3H3. The topological polar surface area (TPSA) is 21.3 Å². The monoisotopic (exact) mass is 283 g/mol. The SMILES string of the molecule is COCCCCC(CNC(C)C)c1ccc(Cl)cc1. The van der Waals surface area contributed by atoms with Crippen molar-refractivity contribution < 1.29 is 4.74 Å². The van der Waals surface area contributed by atoms with E-state index in [1.165, 1.54) is 18.4 Å². The summed E-state index contributed by atoms with van der Waals surface area (Å²) in [7, 11) is 1.76. The largest absolute Gasteiger partial charge is 0.385 e. The van der Waals surface area contributed by atoms with Gasteiger partial charge in [0, 0.05) is 31.3 Å². The van der Waals surface area contributed by atoms with Crippen LogP contribution in [-0.2, 0) is 4.74 Å². The molecule has 1 unspecified atom stereocenters. The molecule has 1 N–H and O–H groups in total. The molecule has 2 nitrogen and oxygen atoms in total. The summed E-state index contributed by atoms with van der Waals surface area (Å²) >= 11 is 5.96. The van der Waals surface area contributed by atoms with Gasteiger partial charge >= 0.3 is 0 Å². The van der Waals surface area contributed by atoms with E-state index in [0.717, 1.165) is 24.6 Å². The van der Waals surface area contributed by atoms with Crippen LogP contribution in [0.15, 0.2) is 24.3 Å². The molecule has 1 atom stereocenters. The number of hydrogen-bond acceptors (Lipinski definition) is 2. The van der Waals surface area contributed by atoms with Crippen LogP contribution in [0.4, 0.5) is 0 Å². The third-order valence-electron chi connectivity index (χ3n) is 3.26. The van der Waals surface area contributed by atoms with Gasteiger partial charge in [0.1, 0.15) is 0 Å². The highest BCUT2D eigenvalue weighted by atomic mass is 35.5. The van der Waals surface area contributed by atoms with Crippen LogP contribution in [0.25, 0.3) is 0 Å². The predicted octanol–water partition coefficient (Wildman–Crippen LogP) is 4.24. The minimum Gasteiger partial charge on any atom is -0.385 e. The van der Waals surface area contributed by atoms with Gasteiger partial charge in [0.05, 0.1) is 0 Å². The summed E-state index contributed by atoms with van der Waals surface area (Å²) in [5, 5.41) is 4.34. The molecule has 108 valence electrons. The predicted molar refractivity (Wildman–Crippen MR) is 83.1 cm³/mol. The van der Waals surface area contributed by atoms with E-state index in [9.17, 15) is 0 Å². The van der Waals surface area contributed by atoms with Crippen molar-refractivity contribution >= 4 is 11.6 Å². The van der Waals surface area contributed by atoms with E-state index in [1.807, 2.05) is 12.1 Å². The fraction of sp³-hybridized carbons (Fsp3) is 0.625. The second-order valence-corrected chi connectivity index (χ2v) is 5.74. The maximum absolute atomic E-state index is 5.96. The van der Waals surface area contributed by atoms with Crippen LogP contribution in [0.5, 0.6) is 0 Å². The lowest BCUT2D eigenvalue weighted by molar-refractivity contribution is 0.191. The van der Waals surface area contributed by atoms with Gasteiger partial charge in [-0.05, 0) is 36.5 Å². The summed E-state index contributed by atoms with van der Waals surface area (Å²) in [5.41, 5.74) is 1.37. The van der Waals surface area contributed by atoms with E-state index in [-0.39, 0.29) is 0 Å². The van der Waals surface area contributed by atoms with Gasteiger partial charge in [0.25, 0.3) is 0 Å². The number of rotatable bonds is 9. The molecule has 1 aromatic carbocycles. The molecule has 0 spiro atoms. The van der Waals surface area contributed by atoms with Crippen molar-refractivity contribution in [2.24, 2.45) is 0 Å². The quantitative estimate of drug-likeness (QED) is 0.685. The zero-order valence-electron chi connectivity index (χ0n) is 12.3. The summed E-state index contributed by atoms with van der Waals surface area (Å²) in [6, 6.07) is 8.77. The number of hydrogen-bond donors (Lipinski definition) is 1. The Kier molecular flexibility index (Phi) is 8.11. The average Bonchev–Trinajstić information content (AvgIpc) is 2.39. The highest BCUT2D eigenvalue weighted by molar-refractivity contribution is 6.30. The van der Waals surface area contributed by atoms with Gasteiger partial charge in [-0.2, -0.15) is 0 Å². The Bertz CT molecular complexity index is 337. The van der Waals surface area contributed by atoms with Crippen LogP contribution in [0.1, 0.15) is 44.6 Å². The molecular weight excluding hydrogens is 258 g/mol. The van der Waals surface area contributed by atoms with E-state index in [2.05, 4.69) is 31.3 Å². The summed E-state index contributed by atoms with van der Waals surface area (Å²) in [6.07, 6.45) is 3.51. The Balaban J connectivity index is 2.54. The molecule has 19 heavy (non-hydrogen) atoms. The van der Waals surface area contributed by atoms with Crippen molar-refractivity contribution in [2.75, 3.05) is 20.3 Å². The fourth-order valence-electron chi connectivity index (χ4n) is 2.14. The summed E-state index contributed by atoms with van der Waals surface area (Å²) in [6.45, 7) is 6.24. The van der Waals surface area contributed by atoms with E-state index < -0.39 is 0 Å². The fourth-order valence-corrected chi connectivity index (χ4v) is 2.26. The first-order chi connectivity index (χ1) is 9.13. The molecule has 0 fully saturated rings. The zero-order valence-corrected chi connectivity index (χ0v) is 13.0. The van der Waals surface area contributed by atoms with Gasteiger partial charge in [0.15, 0.2) is 0 Å². The number of methoxy groups -OCH3 is 1. The third-order valence-corrected chi connectivity index (χ3v) is 3.52. The average molecular weight is 284 g/mol. The lowest BCUT2D eigenvalue weighted by atomic mass is 9.93. The normalized spacial score (nSPS) is 12.9. The van der Waals surface area contributed by atoms with Crippen LogP contribution in [0, 0.1) is 0 Å². The van der Waals surface area contributed by atoms with Crippen LogP contribution in [0.2, 0.25) is 5.02 Å². The molecule has 0 aliphatic rings. The summed E-state index contributed by atoms with van der Waals surface area (Å²) in [4.78, 5) is 0. The molecule has 0 aliphatic heterocycles. The van der Waals surface area contributed by atoms with Crippen LogP contribution in [-0.4, -0.2) is 26.3 Å². The molecule has 0 aromatic heterocycles. The Hall–Kier alpha value is -0.570. The Morgan fingerprint density at radius 1 is 1.16 bits per heavy atom. The molecule has 1 aromatic rings. The highest BCUT2D eigenvalue weighted by Gasteiger charge is 2.11. The minimum atomic E-state index is 0.522. The van der Waals surface area contributed by atoms with Crippen molar-refractivity contribution in [2.45, 2.75) is 45.1 Å². The Morgan fingerprint density at radius 2 is 1.84 bits per heavy atom. The van der Waals surface area contributed by atoms with Gasteiger partial charge in [-0.1, -0.05) is 44.0 Å². The minimum absolute atomic E-state index is 0.522. The van der Waals surface area contributed by atoms with Gasteiger partial charge < -0.3 is 10.1 Å². The molecule has 1 rings (SSSR count). The molecule has 0 heterocycles. The van der Waals surface area contributed by atoms with Crippen molar-refractivity contribution in [3.05, 3.63) is 34.9 Å². The Labute approximate surface area is 122 Å². The van der Waals surface area contributed by atoms with E-state index in [4.69, 9.17) is 16.3 Å². The van der Waals surface area contributed by atoms with E-state index >= 15 is 0 Å². The van der Waals surface area contributed by atoms with E-state index in [0.29, 0.717) is 12.0 Å². The molecule has 0 aliphatic carbocycles. The van der Waals surface area contributed by atoms with Gasteiger partial charge in [-0.3, -0.25) is 0 Å². The maximum Gasteiger partial charge on any atom is 0.0462 e. The lowest BCUT2D eigenvalue weighted by Gasteiger charge is -2.20. The number of halogens is 1. The highest BCUT2D eigenvalue weighted by Crippen LogP contribution is 2.23. The van der Waals surface area contributed by atoms with Crippen molar-refractivity contribution in [3.8, 4) is 0 Å². The van der Waals surface area contributed by atoms with Crippen molar-refractivity contribution in [1.29, 1.82) is 0 Å². The molecule has 0 amide bonds. The van der Waals surface area contributed by atoms with Crippen molar-refractivity contribution in [1.82, 2.24) is 5.32 Å². The molecule has 0 radical (unpaired) electrons. The number of unbranched alkanes of at least 4 members (excludes halogenated alkanes) is 1. The van der Waals surface area contributed by atoms with Crippen molar-refractivity contribution in [3.63, 3.8) is 0 Å². The molecule has 0 saturated carbocycles. The number of nitrogens with one attached hydrogen (secondary N) is 1. The first kappa shape index (κ1) is 16.5. The molecular formula is C16H26ClNO. The third kappa shape index (κ3) is 6.95. The second kappa shape index (κ2) is 9.35. The molecule has 3 heteroatoms.